The van der Waals surface area contributed by atoms with Gasteiger partial charge in [0.15, 0.2) is 16.7 Å². The lowest BCUT2D eigenvalue weighted by Crippen LogP contribution is -1.97. The molecule has 0 aliphatic carbocycles. The van der Waals surface area contributed by atoms with E-state index in [0.717, 1.165) is 0 Å². The number of halogens is 1. The number of anilines is 1. The van der Waals surface area contributed by atoms with Gasteiger partial charge in [0.2, 0.25) is 12.7 Å². The number of hydrogen-bond acceptors (Lipinski definition) is 6. The Morgan fingerprint density at radius 1 is 1.22 bits per heavy atom. The molecule has 2 N–H and O–H groups in total. The maximum atomic E-state index is 5.77. The van der Waals surface area contributed by atoms with Crippen molar-refractivity contribution in [1.82, 2.24) is 9.97 Å². The van der Waals surface area contributed by atoms with Crippen molar-refractivity contribution < 1.29 is 14.2 Å². The van der Waals surface area contributed by atoms with E-state index in [1.165, 1.54) is 6.33 Å². The van der Waals surface area contributed by atoms with E-state index >= 15 is 0 Å². The Hall–Kier alpha value is -2.21. The van der Waals surface area contributed by atoms with Crippen LogP contribution in [0, 0.1) is 0 Å². The third kappa shape index (κ3) is 1.86. The van der Waals surface area contributed by atoms with Gasteiger partial charge in [0.1, 0.15) is 17.8 Å². The third-order valence-corrected chi connectivity index (χ3v) is 2.66. The molecule has 7 heteroatoms. The standard InChI is InChI=1S/C11H8ClN3O3/c12-10-9(13)11(15-4-14-10)18-6-1-2-7-8(3-6)17-5-16-7/h1-4H,5,13H2. The first-order valence-corrected chi connectivity index (χ1v) is 5.45. The fourth-order valence-electron chi connectivity index (χ4n) is 1.49. The van der Waals surface area contributed by atoms with Gasteiger partial charge >= 0.3 is 0 Å². The summed E-state index contributed by atoms with van der Waals surface area (Å²) in [6.45, 7) is 0.209. The average Bonchev–Trinajstić information content (AvgIpc) is 2.82. The first-order chi connectivity index (χ1) is 8.74. The molecule has 0 fully saturated rings. The summed E-state index contributed by atoms with van der Waals surface area (Å²) in [5, 5.41) is 0.153. The second-order valence-corrected chi connectivity index (χ2v) is 3.86. The number of nitrogens with two attached hydrogens (primary N) is 1. The molecule has 0 saturated heterocycles. The highest BCUT2D eigenvalue weighted by atomic mass is 35.5. The summed E-state index contributed by atoms with van der Waals surface area (Å²) < 4.78 is 16.0. The third-order valence-electron chi connectivity index (χ3n) is 2.36. The molecule has 1 aromatic heterocycles. The van der Waals surface area contributed by atoms with E-state index in [1.54, 1.807) is 18.2 Å². The van der Waals surface area contributed by atoms with Crippen molar-refractivity contribution >= 4 is 17.3 Å². The van der Waals surface area contributed by atoms with Crippen LogP contribution in [0.1, 0.15) is 0 Å². The average molecular weight is 266 g/mol. The van der Waals surface area contributed by atoms with Crippen LogP contribution in [-0.2, 0) is 0 Å². The molecule has 0 atom stereocenters. The Labute approximate surface area is 107 Å². The van der Waals surface area contributed by atoms with Gasteiger partial charge in [0.05, 0.1) is 0 Å². The topological polar surface area (TPSA) is 79.5 Å². The SMILES string of the molecule is Nc1c(Cl)ncnc1Oc1ccc2c(c1)OCO2. The summed E-state index contributed by atoms with van der Waals surface area (Å²) in [4.78, 5) is 7.66. The van der Waals surface area contributed by atoms with Gasteiger partial charge < -0.3 is 19.9 Å². The number of nitrogens with zero attached hydrogens (tertiary/aromatic N) is 2. The molecule has 1 aromatic carbocycles. The molecule has 92 valence electrons. The molecule has 3 rings (SSSR count). The van der Waals surface area contributed by atoms with Crippen molar-refractivity contribution in [2.45, 2.75) is 0 Å². The minimum absolute atomic E-state index is 0.153. The smallest absolute Gasteiger partial charge is 0.247 e. The number of rotatable bonds is 2. The Bertz CT molecular complexity index is 606. The summed E-state index contributed by atoms with van der Waals surface area (Å²) in [5.41, 5.74) is 5.90. The van der Waals surface area contributed by atoms with Gasteiger partial charge in [0.25, 0.3) is 0 Å². The minimum Gasteiger partial charge on any atom is -0.454 e. The summed E-state index contributed by atoms with van der Waals surface area (Å²) in [6, 6.07) is 5.16. The lowest BCUT2D eigenvalue weighted by Gasteiger charge is -2.07. The maximum absolute atomic E-state index is 5.77. The molecule has 1 aliphatic heterocycles. The molecular formula is C11H8ClN3O3. The number of fused-ring (bicyclic) bond motifs is 1. The Morgan fingerprint density at radius 3 is 2.94 bits per heavy atom. The maximum Gasteiger partial charge on any atom is 0.247 e. The van der Waals surface area contributed by atoms with Gasteiger partial charge in [-0.3, -0.25) is 0 Å². The summed E-state index contributed by atoms with van der Waals surface area (Å²) in [5.74, 6) is 2.02. The van der Waals surface area contributed by atoms with E-state index < -0.39 is 0 Å². The lowest BCUT2D eigenvalue weighted by atomic mass is 10.3. The number of hydrogen-bond donors (Lipinski definition) is 1. The van der Waals surface area contributed by atoms with Gasteiger partial charge in [-0.2, -0.15) is 4.98 Å². The van der Waals surface area contributed by atoms with Crippen LogP contribution in [0.2, 0.25) is 5.15 Å². The van der Waals surface area contributed by atoms with E-state index in [0.29, 0.717) is 17.2 Å². The molecule has 0 radical (unpaired) electrons. The number of benzene rings is 1. The van der Waals surface area contributed by atoms with Gasteiger partial charge in [-0.1, -0.05) is 11.6 Å². The zero-order chi connectivity index (χ0) is 12.5. The second-order valence-electron chi connectivity index (χ2n) is 3.50. The van der Waals surface area contributed by atoms with Crippen LogP contribution >= 0.6 is 11.6 Å². The van der Waals surface area contributed by atoms with Crippen LogP contribution in [-0.4, -0.2) is 16.8 Å². The van der Waals surface area contributed by atoms with Crippen LogP contribution in [0.25, 0.3) is 0 Å². The summed E-state index contributed by atoms with van der Waals surface area (Å²) in [7, 11) is 0. The second kappa shape index (κ2) is 4.23. The highest BCUT2D eigenvalue weighted by Gasteiger charge is 2.15. The van der Waals surface area contributed by atoms with E-state index in [9.17, 15) is 0 Å². The first kappa shape index (κ1) is 10.9. The summed E-state index contributed by atoms with van der Waals surface area (Å²) in [6.07, 6.45) is 1.28. The lowest BCUT2D eigenvalue weighted by molar-refractivity contribution is 0.174. The monoisotopic (exact) mass is 265 g/mol. The number of aromatic nitrogens is 2. The van der Waals surface area contributed by atoms with Crippen molar-refractivity contribution in [3.8, 4) is 23.1 Å². The van der Waals surface area contributed by atoms with Crippen molar-refractivity contribution in [2.75, 3.05) is 12.5 Å². The van der Waals surface area contributed by atoms with Crippen molar-refractivity contribution in [2.24, 2.45) is 0 Å². The van der Waals surface area contributed by atoms with Crippen LogP contribution in [0.3, 0.4) is 0 Å². The highest BCUT2D eigenvalue weighted by Crippen LogP contribution is 2.37. The zero-order valence-electron chi connectivity index (χ0n) is 9.09. The molecule has 0 amide bonds. The molecule has 0 unspecified atom stereocenters. The molecular weight excluding hydrogens is 258 g/mol. The molecule has 0 spiro atoms. The first-order valence-electron chi connectivity index (χ1n) is 5.07. The largest absolute Gasteiger partial charge is 0.454 e. The van der Waals surface area contributed by atoms with E-state index in [-0.39, 0.29) is 23.5 Å². The van der Waals surface area contributed by atoms with Gasteiger partial charge in [-0.15, -0.1) is 0 Å². The molecule has 6 nitrogen and oxygen atoms in total. The van der Waals surface area contributed by atoms with Crippen LogP contribution in [0.5, 0.6) is 23.1 Å². The van der Waals surface area contributed by atoms with Crippen LogP contribution in [0.15, 0.2) is 24.5 Å². The molecule has 2 heterocycles. The van der Waals surface area contributed by atoms with Crippen LogP contribution < -0.4 is 19.9 Å². The van der Waals surface area contributed by atoms with Gasteiger partial charge in [0, 0.05) is 6.07 Å². The molecule has 0 bridgehead atoms. The fraction of sp³-hybridized carbons (Fsp3) is 0.0909. The van der Waals surface area contributed by atoms with Gasteiger partial charge in [-0.25, -0.2) is 4.98 Å². The molecule has 2 aromatic rings. The van der Waals surface area contributed by atoms with E-state index in [2.05, 4.69) is 9.97 Å². The summed E-state index contributed by atoms with van der Waals surface area (Å²) >= 11 is 5.77. The van der Waals surface area contributed by atoms with E-state index in [1.807, 2.05) is 0 Å². The Kier molecular flexibility index (Phi) is 2.56. The van der Waals surface area contributed by atoms with E-state index in [4.69, 9.17) is 31.5 Å². The Balaban J connectivity index is 1.90. The van der Waals surface area contributed by atoms with Crippen LogP contribution in [0.4, 0.5) is 5.69 Å². The normalized spacial score (nSPS) is 12.5. The highest BCUT2D eigenvalue weighted by molar-refractivity contribution is 6.32. The number of nitrogen functional groups attached to an aromatic ring is 1. The predicted octanol–water partition coefficient (Wildman–Crippen LogP) is 2.23. The Morgan fingerprint density at radius 2 is 2.06 bits per heavy atom. The fourth-order valence-corrected chi connectivity index (χ4v) is 1.62. The van der Waals surface area contributed by atoms with Crippen molar-refractivity contribution in [1.29, 1.82) is 0 Å². The quantitative estimate of drug-likeness (QED) is 0.839. The number of ether oxygens (including phenoxy) is 3. The molecule has 18 heavy (non-hydrogen) atoms. The minimum atomic E-state index is 0.153. The molecule has 1 aliphatic rings. The van der Waals surface area contributed by atoms with Crippen molar-refractivity contribution in [3.05, 3.63) is 29.7 Å². The molecule has 0 saturated carbocycles. The van der Waals surface area contributed by atoms with Crippen molar-refractivity contribution in [3.63, 3.8) is 0 Å². The van der Waals surface area contributed by atoms with Gasteiger partial charge in [-0.05, 0) is 12.1 Å². The zero-order valence-corrected chi connectivity index (χ0v) is 9.85. The predicted molar refractivity (Wildman–Crippen MR) is 64.1 cm³/mol.